The number of aromatic amines is 1. The molecule has 0 aliphatic carbocycles. The molecule has 0 bridgehead atoms. The number of para-hydroxylation sites is 1. The summed E-state index contributed by atoms with van der Waals surface area (Å²) in [6.07, 6.45) is 5.86. The van der Waals surface area contributed by atoms with E-state index >= 15 is 0 Å². The molecular weight excluding hydrogens is 188 g/mol. The molecule has 3 nitrogen and oxygen atoms in total. The van der Waals surface area contributed by atoms with Crippen molar-refractivity contribution in [2.45, 2.75) is 6.42 Å². The Balaban J connectivity index is 2.31. The van der Waals surface area contributed by atoms with Crippen LogP contribution in [-0.2, 0) is 4.79 Å². The van der Waals surface area contributed by atoms with Gasteiger partial charge in [0.15, 0.2) is 0 Å². The Morgan fingerprint density at radius 2 is 2.27 bits per heavy atom. The van der Waals surface area contributed by atoms with Crippen molar-refractivity contribution in [3.05, 3.63) is 42.1 Å². The van der Waals surface area contributed by atoms with E-state index in [1.807, 2.05) is 36.5 Å². The Kier molecular flexibility index (Phi) is 2.54. The molecule has 3 heteroatoms. The van der Waals surface area contributed by atoms with Crippen LogP contribution in [0.15, 0.2) is 36.5 Å². The van der Waals surface area contributed by atoms with Gasteiger partial charge < -0.3 is 10.7 Å². The number of hydrogen-bond acceptors (Lipinski definition) is 1. The quantitative estimate of drug-likeness (QED) is 0.782. The molecule has 1 heterocycles. The lowest BCUT2D eigenvalue weighted by Gasteiger charge is -1.96. The summed E-state index contributed by atoms with van der Waals surface area (Å²) in [5.74, 6) is -0.315. The van der Waals surface area contributed by atoms with E-state index < -0.39 is 0 Å². The highest BCUT2D eigenvalue weighted by Gasteiger charge is 1.97. The third kappa shape index (κ3) is 2.07. The number of carbonyl (C=O) groups excluding carboxylic acids is 1. The Morgan fingerprint density at radius 1 is 1.40 bits per heavy atom. The van der Waals surface area contributed by atoms with Crippen LogP contribution in [0, 0.1) is 0 Å². The maximum atomic E-state index is 10.6. The Morgan fingerprint density at radius 3 is 3.07 bits per heavy atom. The Hall–Kier alpha value is -2.03. The molecule has 0 fully saturated rings. The molecule has 0 atom stereocenters. The van der Waals surface area contributed by atoms with Gasteiger partial charge in [-0.15, -0.1) is 0 Å². The minimum Gasteiger partial charge on any atom is -0.369 e. The molecule has 76 valence electrons. The molecule has 0 saturated heterocycles. The number of carbonyl (C=O) groups is 1. The molecular formula is C12H12N2O. The van der Waals surface area contributed by atoms with E-state index in [1.54, 1.807) is 6.08 Å². The van der Waals surface area contributed by atoms with Gasteiger partial charge in [0.1, 0.15) is 0 Å². The second kappa shape index (κ2) is 4.00. The van der Waals surface area contributed by atoms with Crippen LogP contribution in [0.25, 0.3) is 17.0 Å². The fourth-order valence-electron chi connectivity index (χ4n) is 1.55. The van der Waals surface area contributed by atoms with Crippen LogP contribution in [0.4, 0.5) is 0 Å². The minimum atomic E-state index is -0.315. The van der Waals surface area contributed by atoms with Crippen LogP contribution < -0.4 is 5.73 Å². The summed E-state index contributed by atoms with van der Waals surface area (Å²) in [5, 5.41) is 1.16. The zero-order chi connectivity index (χ0) is 10.7. The van der Waals surface area contributed by atoms with E-state index in [0.29, 0.717) is 0 Å². The number of nitrogens with one attached hydrogen (secondary N) is 1. The monoisotopic (exact) mass is 200 g/mol. The van der Waals surface area contributed by atoms with Crippen LogP contribution in [0.5, 0.6) is 0 Å². The van der Waals surface area contributed by atoms with Gasteiger partial charge >= 0.3 is 0 Å². The second-order valence-corrected chi connectivity index (χ2v) is 3.36. The van der Waals surface area contributed by atoms with Gasteiger partial charge in [0.25, 0.3) is 0 Å². The van der Waals surface area contributed by atoms with E-state index in [0.717, 1.165) is 16.5 Å². The molecule has 1 amide bonds. The predicted molar refractivity (Wildman–Crippen MR) is 61.1 cm³/mol. The Labute approximate surface area is 87.6 Å². The molecule has 3 N–H and O–H groups in total. The van der Waals surface area contributed by atoms with Gasteiger partial charge in [-0.1, -0.05) is 30.4 Å². The number of nitrogens with two attached hydrogens (primary N) is 1. The van der Waals surface area contributed by atoms with E-state index in [-0.39, 0.29) is 12.3 Å². The van der Waals surface area contributed by atoms with E-state index in [1.165, 1.54) is 0 Å². The van der Waals surface area contributed by atoms with Crippen LogP contribution in [-0.4, -0.2) is 10.9 Å². The molecule has 2 rings (SSSR count). The number of hydrogen-bond donors (Lipinski definition) is 2. The molecule has 15 heavy (non-hydrogen) atoms. The topological polar surface area (TPSA) is 58.9 Å². The van der Waals surface area contributed by atoms with Crippen LogP contribution >= 0.6 is 0 Å². The smallest absolute Gasteiger partial charge is 0.221 e. The van der Waals surface area contributed by atoms with Crippen molar-refractivity contribution < 1.29 is 4.79 Å². The summed E-state index contributed by atoms with van der Waals surface area (Å²) in [6.45, 7) is 0. The third-order valence-corrected chi connectivity index (χ3v) is 2.24. The summed E-state index contributed by atoms with van der Waals surface area (Å²) >= 11 is 0. The standard InChI is InChI=1S/C12H12N2O/c13-11(15)6-2-5-9-3-1-4-10-7-8-14-12(9)10/h1-5,7-8,14H,6H2,(H2,13,15). The minimum absolute atomic E-state index is 0.275. The summed E-state index contributed by atoms with van der Waals surface area (Å²) in [5.41, 5.74) is 7.20. The summed E-state index contributed by atoms with van der Waals surface area (Å²) in [6, 6.07) is 8.04. The van der Waals surface area contributed by atoms with Crippen molar-refractivity contribution in [1.29, 1.82) is 0 Å². The number of fused-ring (bicyclic) bond motifs is 1. The van der Waals surface area contributed by atoms with Crippen LogP contribution in [0.2, 0.25) is 0 Å². The van der Waals surface area contributed by atoms with Crippen molar-refractivity contribution in [2.24, 2.45) is 5.73 Å². The highest BCUT2D eigenvalue weighted by Crippen LogP contribution is 2.18. The van der Waals surface area contributed by atoms with Gasteiger partial charge in [0.2, 0.25) is 5.91 Å². The lowest BCUT2D eigenvalue weighted by molar-refractivity contribution is -0.117. The van der Waals surface area contributed by atoms with Crippen LogP contribution in [0.1, 0.15) is 12.0 Å². The second-order valence-electron chi connectivity index (χ2n) is 3.36. The maximum absolute atomic E-state index is 10.6. The fraction of sp³-hybridized carbons (Fsp3) is 0.0833. The van der Waals surface area contributed by atoms with Gasteiger partial charge in [-0.05, 0) is 17.0 Å². The van der Waals surface area contributed by atoms with E-state index in [2.05, 4.69) is 4.98 Å². The molecule has 0 saturated carbocycles. The molecule has 0 aliphatic heterocycles. The highest BCUT2D eigenvalue weighted by atomic mass is 16.1. The zero-order valence-corrected chi connectivity index (χ0v) is 8.23. The molecule has 2 aromatic rings. The first-order chi connectivity index (χ1) is 7.27. The fourth-order valence-corrected chi connectivity index (χ4v) is 1.55. The SMILES string of the molecule is NC(=O)CC=Cc1cccc2cc[nH]c12. The average molecular weight is 200 g/mol. The molecule has 1 aromatic carbocycles. The van der Waals surface area contributed by atoms with Crippen molar-refractivity contribution in [3.63, 3.8) is 0 Å². The first kappa shape index (κ1) is 9.52. The van der Waals surface area contributed by atoms with Crippen molar-refractivity contribution >= 4 is 22.9 Å². The van der Waals surface area contributed by atoms with E-state index in [4.69, 9.17) is 5.73 Å². The first-order valence-electron chi connectivity index (χ1n) is 4.78. The Bertz CT molecular complexity index is 511. The number of primary amides is 1. The van der Waals surface area contributed by atoms with Crippen molar-refractivity contribution in [3.8, 4) is 0 Å². The lowest BCUT2D eigenvalue weighted by atomic mass is 10.1. The third-order valence-electron chi connectivity index (χ3n) is 2.24. The normalized spacial score (nSPS) is 11.2. The van der Waals surface area contributed by atoms with Crippen molar-refractivity contribution in [2.75, 3.05) is 0 Å². The van der Waals surface area contributed by atoms with E-state index in [9.17, 15) is 4.79 Å². The molecule has 0 radical (unpaired) electrons. The largest absolute Gasteiger partial charge is 0.369 e. The summed E-state index contributed by atoms with van der Waals surface area (Å²) in [4.78, 5) is 13.7. The molecule has 0 unspecified atom stereocenters. The predicted octanol–water partition coefficient (Wildman–Crippen LogP) is 2.06. The lowest BCUT2D eigenvalue weighted by Crippen LogP contribution is -2.07. The average Bonchev–Trinajstić information content (AvgIpc) is 2.65. The van der Waals surface area contributed by atoms with Gasteiger partial charge in [-0.25, -0.2) is 0 Å². The number of benzene rings is 1. The molecule has 0 aliphatic rings. The molecule has 0 spiro atoms. The number of H-pyrrole nitrogens is 1. The van der Waals surface area contributed by atoms with Crippen LogP contribution in [0.3, 0.4) is 0 Å². The number of amides is 1. The first-order valence-corrected chi connectivity index (χ1v) is 4.78. The van der Waals surface area contributed by atoms with Crippen molar-refractivity contribution in [1.82, 2.24) is 4.98 Å². The maximum Gasteiger partial charge on any atom is 0.221 e. The van der Waals surface area contributed by atoms with Gasteiger partial charge in [-0.2, -0.15) is 0 Å². The van der Waals surface area contributed by atoms with Gasteiger partial charge in [-0.3, -0.25) is 4.79 Å². The summed E-state index contributed by atoms with van der Waals surface area (Å²) in [7, 11) is 0. The van der Waals surface area contributed by atoms with Gasteiger partial charge in [0, 0.05) is 12.6 Å². The molecule has 1 aromatic heterocycles. The number of rotatable bonds is 3. The number of aromatic nitrogens is 1. The zero-order valence-electron chi connectivity index (χ0n) is 8.23. The highest BCUT2D eigenvalue weighted by molar-refractivity contribution is 5.88. The van der Waals surface area contributed by atoms with Gasteiger partial charge in [0.05, 0.1) is 5.52 Å². The summed E-state index contributed by atoms with van der Waals surface area (Å²) < 4.78 is 0.